The van der Waals surface area contributed by atoms with Gasteiger partial charge in [0.05, 0.1) is 6.10 Å². The third-order valence-corrected chi connectivity index (χ3v) is 5.98. The predicted molar refractivity (Wildman–Crippen MR) is 83.0 cm³/mol. The average Bonchev–Trinajstić information content (AvgIpc) is 3.27. The number of hydrogen-bond acceptors (Lipinski definition) is 3. The molecule has 0 aromatic heterocycles. The summed E-state index contributed by atoms with van der Waals surface area (Å²) < 4.78 is 5.67. The van der Waals surface area contributed by atoms with Gasteiger partial charge in [-0.05, 0) is 65.2 Å². The average molecular weight is 280 g/mol. The lowest BCUT2D eigenvalue weighted by Crippen LogP contribution is -2.70. The van der Waals surface area contributed by atoms with Crippen LogP contribution >= 0.6 is 0 Å². The highest BCUT2D eigenvalue weighted by atomic mass is 16.5. The van der Waals surface area contributed by atoms with Gasteiger partial charge in [-0.3, -0.25) is 4.90 Å². The molecule has 0 aromatic rings. The highest BCUT2D eigenvalue weighted by Crippen LogP contribution is 2.47. The van der Waals surface area contributed by atoms with Crippen molar-refractivity contribution >= 4 is 0 Å². The molecule has 3 unspecified atom stereocenters. The van der Waals surface area contributed by atoms with Crippen molar-refractivity contribution in [2.45, 2.75) is 82.5 Å². The second kappa shape index (κ2) is 5.26. The Morgan fingerprint density at radius 2 is 1.85 bits per heavy atom. The maximum absolute atomic E-state index is 5.67. The summed E-state index contributed by atoms with van der Waals surface area (Å²) in [6.45, 7) is 9.54. The molecule has 1 saturated heterocycles. The Morgan fingerprint density at radius 1 is 1.10 bits per heavy atom. The van der Waals surface area contributed by atoms with Crippen LogP contribution in [0.4, 0.5) is 0 Å². The van der Waals surface area contributed by atoms with Gasteiger partial charge in [0.15, 0.2) is 0 Å². The highest BCUT2D eigenvalue weighted by molar-refractivity contribution is 5.09. The molecule has 1 aliphatic heterocycles. The molecular formula is C17H32N2O. The minimum Gasteiger partial charge on any atom is -0.381 e. The summed E-state index contributed by atoms with van der Waals surface area (Å²) in [7, 11) is 1.88. The molecule has 3 fully saturated rings. The third kappa shape index (κ3) is 2.77. The van der Waals surface area contributed by atoms with Crippen LogP contribution in [0, 0.1) is 5.92 Å². The first-order valence-corrected chi connectivity index (χ1v) is 8.49. The van der Waals surface area contributed by atoms with Gasteiger partial charge < -0.3 is 10.1 Å². The van der Waals surface area contributed by atoms with Gasteiger partial charge in [0.2, 0.25) is 0 Å². The van der Waals surface area contributed by atoms with Crippen molar-refractivity contribution in [1.82, 2.24) is 10.2 Å². The van der Waals surface area contributed by atoms with E-state index >= 15 is 0 Å². The van der Waals surface area contributed by atoms with Crippen LogP contribution in [0.1, 0.15) is 59.3 Å². The highest BCUT2D eigenvalue weighted by Gasteiger charge is 2.52. The van der Waals surface area contributed by atoms with Gasteiger partial charge >= 0.3 is 0 Å². The van der Waals surface area contributed by atoms with Crippen molar-refractivity contribution in [3.05, 3.63) is 0 Å². The van der Waals surface area contributed by atoms with Crippen LogP contribution in [-0.2, 0) is 4.74 Å². The first-order valence-electron chi connectivity index (χ1n) is 8.49. The standard InChI is InChI=1S/C17H32N2O/c1-16(2)12-19(14-6-5-7-15(10-14)20-4)17(3,11-18-16)13-8-9-13/h13-15,18H,5-12H2,1-4H3. The van der Waals surface area contributed by atoms with Gasteiger partial charge in [0.25, 0.3) is 0 Å². The lowest BCUT2D eigenvalue weighted by molar-refractivity contribution is -0.0556. The molecule has 0 bridgehead atoms. The van der Waals surface area contributed by atoms with Gasteiger partial charge in [0, 0.05) is 37.3 Å². The summed E-state index contributed by atoms with van der Waals surface area (Å²) in [5.74, 6) is 0.911. The van der Waals surface area contributed by atoms with E-state index in [1.165, 1.54) is 45.1 Å². The minimum absolute atomic E-state index is 0.244. The monoisotopic (exact) mass is 280 g/mol. The molecule has 116 valence electrons. The molecule has 1 heterocycles. The largest absolute Gasteiger partial charge is 0.381 e. The predicted octanol–water partition coefficient (Wildman–Crippen LogP) is 2.80. The first-order chi connectivity index (χ1) is 9.44. The van der Waals surface area contributed by atoms with E-state index < -0.39 is 0 Å². The quantitative estimate of drug-likeness (QED) is 0.860. The maximum atomic E-state index is 5.67. The minimum atomic E-state index is 0.244. The topological polar surface area (TPSA) is 24.5 Å². The van der Waals surface area contributed by atoms with Crippen molar-refractivity contribution < 1.29 is 4.74 Å². The van der Waals surface area contributed by atoms with Gasteiger partial charge in [-0.1, -0.05) is 0 Å². The third-order valence-electron chi connectivity index (χ3n) is 5.98. The van der Waals surface area contributed by atoms with Crippen LogP contribution in [0.2, 0.25) is 0 Å². The van der Waals surface area contributed by atoms with Crippen LogP contribution in [0.15, 0.2) is 0 Å². The molecule has 20 heavy (non-hydrogen) atoms. The molecule has 3 aliphatic rings. The van der Waals surface area contributed by atoms with Crippen molar-refractivity contribution in [3.8, 4) is 0 Å². The molecule has 2 saturated carbocycles. The maximum Gasteiger partial charge on any atom is 0.0586 e. The summed E-state index contributed by atoms with van der Waals surface area (Å²) in [6, 6.07) is 0.723. The summed E-state index contributed by atoms with van der Waals surface area (Å²) in [5, 5.41) is 3.79. The first kappa shape index (κ1) is 14.8. The van der Waals surface area contributed by atoms with E-state index in [1.54, 1.807) is 0 Å². The van der Waals surface area contributed by atoms with Crippen LogP contribution < -0.4 is 5.32 Å². The van der Waals surface area contributed by atoms with Crippen molar-refractivity contribution in [2.75, 3.05) is 20.2 Å². The molecule has 0 spiro atoms. The van der Waals surface area contributed by atoms with Crippen molar-refractivity contribution in [3.63, 3.8) is 0 Å². The number of ether oxygens (including phenoxy) is 1. The normalized spacial score (nSPS) is 42.6. The number of piperazine rings is 1. The Labute approximate surface area is 124 Å². The Hall–Kier alpha value is -0.120. The Balaban J connectivity index is 1.78. The van der Waals surface area contributed by atoms with Crippen LogP contribution in [0.5, 0.6) is 0 Å². The smallest absolute Gasteiger partial charge is 0.0586 e. The van der Waals surface area contributed by atoms with Crippen molar-refractivity contribution in [2.24, 2.45) is 5.92 Å². The Morgan fingerprint density at radius 3 is 2.50 bits per heavy atom. The van der Waals surface area contributed by atoms with E-state index in [2.05, 4.69) is 31.0 Å². The number of nitrogens with one attached hydrogen (secondary N) is 1. The van der Waals surface area contributed by atoms with Gasteiger partial charge in [-0.25, -0.2) is 0 Å². The zero-order valence-corrected chi connectivity index (χ0v) is 13.7. The number of methoxy groups -OCH3 is 1. The van der Waals surface area contributed by atoms with Gasteiger partial charge in [-0.15, -0.1) is 0 Å². The second-order valence-electron chi connectivity index (χ2n) is 8.17. The Kier molecular flexibility index (Phi) is 3.89. The van der Waals surface area contributed by atoms with Crippen LogP contribution in [0.3, 0.4) is 0 Å². The number of nitrogens with zero attached hydrogens (tertiary/aromatic N) is 1. The molecule has 3 nitrogen and oxygen atoms in total. The number of hydrogen-bond donors (Lipinski definition) is 1. The van der Waals surface area contributed by atoms with E-state index in [0.717, 1.165) is 18.5 Å². The molecule has 3 heteroatoms. The lowest BCUT2D eigenvalue weighted by Gasteiger charge is -2.56. The zero-order chi connectivity index (χ0) is 14.4. The molecule has 0 radical (unpaired) electrons. The fourth-order valence-corrected chi connectivity index (χ4v) is 4.43. The summed E-state index contributed by atoms with van der Waals surface area (Å²) in [4.78, 5) is 2.87. The fraction of sp³-hybridized carbons (Fsp3) is 1.00. The molecule has 1 N–H and O–H groups in total. The molecule has 3 rings (SSSR count). The molecular weight excluding hydrogens is 248 g/mol. The fourth-order valence-electron chi connectivity index (χ4n) is 4.43. The van der Waals surface area contributed by atoms with Crippen molar-refractivity contribution in [1.29, 1.82) is 0 Å². The lowest BCUT2D eigenvalue weighted by atomic mass is 9.81. The summed E-state index contributed by atoms with van der Waals surface area (Å²) in [6.07, 6.45) is 8.50. The van der Waals surface area contributed by atoms with Crippen LogP contribution in [0.25, 0.3) is 0 Å². The number of rotatable bonds is 3. The molecule has 0 aromatic carbocycles. The summed E-state index contributed by atoms with van der Waals surface area (Å²) >= 11 is 0. The molecule has 2 aliphatic carbocycles. The van der Waals surface area contributed by atoms with Gasteiger partial charge in [0.1, 0.15) is 0 Å². The van der Waals surface area contributed by atoms with E-state index in [1.807, 2.05) is 7.11 Å². The summed E-state index contributed by atoms with van der Waals surface area (Å²) in [5.41, 5.74) is 0.615. The van der Waals surface area contributed by atoms with E-state index in [4.69, 9.17) is 4.74 Å². The van der Waals surface area contributed by atoms with Crippen LogP contribution in [-0.4, -0.2) is 48.3 Å². The molecule has 3 atom stereocenters. The van der Waals surface area contributed by atoms with Gasteiger partial charge in [-0.2, -0.15) is 0 Å². The van der Waals surface area contributed by atoms with E-state index in [0.29, 0.717) is 11.6 Å². The molecule has 0 amide bonds. The zero-order valence-electron chi connectivity index (χ0n) is 13.7. The second-order valence-corrected chi connectivity index (χ2v) is 8.17. The van der Waals surface area contributed by atoms with E-state index in [-0.39, 0.29) is 5.54 Å². The van der Waals surface area contributed by atoms with E-state index in [9.17, 15) is 0 Å². The Bertz CT molecular complexity index is 353. The SMILES string of the molecule is COC1CCCC(N2CC(C)(C)NCC2(C)C2CC2)C1.